The molecule has 0 bridgehead atoms. The standard InChI is InChI=1S/C20H19FN4O3S/c1-12-18(29-20(22)24-12)19(26)25-23-10-13-7-8-16(17(9-13)27-2)28-11-14-5-3-4-6-15(14)21/h3-10H,11H2,1-2H3,(H2,22,24)(H,25,26)/b23-10-. The minimum absolute atomic E-state index is 0.0733. The highest BCUT2D eigenvalue weighted by molar-refractivity contribution is 7.17. The number of anilines is 1. The van der Waals surface area contributed by atoms with Crippen LogP contribution < -0.4 is 20.6 Å². The molecule has 3 aromatic rings. The van der Waals surface area contributed by atoms with Crippen molar-refractivity contribution in [2.24, 2.45) is 5.10 Å². The Morgan fingerprint density at radius 2 is 2.10 bits per heavy atom. The number of hydrogen-bond donors (Lipinski definition) is 2. The summed E-state index contributed by atoms with van der Waals surface area (Å²) in [7, 11) is 1.50. The fourth-order valence-electron chi connectivity index (χ4n) is 2.50. The Morgan fingerprint density at radius 1 is 1.31 bits per heavy atom. The van der Waals surface area contributed by atoms with Gasteiger partial charge >= 0.3 is 0 Å². The van der Waals surface area contributed by atoms with Crippen molar-refractivity contribution in [1.29, 1.82) is 0 Å². The highest BCUT2D eigenvalue weighted by Gasteiger charge is 2.13. The maximum Gasteiger partial charge on any atom is 0.283 e. The SMILES string of the molecule is COc1cc(/C=N\NC(=O)c2sc(N)nc2C)ccc1OCc1ccccc1F. The molecule has 0 fully saturated rings. The second-order valence-electron chi connectivity index (χ2n) is 5.96. The van der Waals surface area contributed by atoms with Crippen molar-refractivity contribution >= 4 is 28.6 Å². The van der Waals surface area contributed by atoms with E-state index in [1.54, 1.807) is 43.3 Å². The molecule has 0 radical (unpaired) electrons. The van der Waals surface area contributed by atoms with Gasteiger partial charge in [0.15, 0.2) is 16.6 Å². The minimum Gasteiger partial charge on any atom is -0.493 e. The van der Waals surface area contributed by atoms with E-state index < -0.39 is 0 Å². The molecule has 1 aromatic heterocycles. The average Bonchev–Trinajstić information content (AvgIpc) is 3.06. The van der Waals surface area contributed by atoms with Crippen LogP contribution in [0.4, 0.5) is 9.52 Å². The van der Waals surface area contributed by atoms with Crippen molar-refractivity contribution in [3.05, 3.63) is 70.0 Å². The lowest BCUT2D eigenvalue weighted by Crippen LogP contribution is -2.17. The summed E-state index contributed by atoms with van der Waals surface area (Å²) in [5, 5.41) is 4.27. The zero-order valence-corrected chi connectivity index (χ0v) is 16.6. The van der Waals surface area contributed by atoms with Crippen LogP contribution >= 0.6 is 11.3 Å². The van der Waals surface area contributed by atoms with Crippen LogP contribution in [-0.4, -0.2) is 24.2 Å². The summed E-state index contributed by atoms with van der Waals surface area (Å²) in [5.41, 5.74) is 9.72. The second-order valence-corrected chi connectivity index (χ2v) is 6.99. The van der Waals surface area contributed by atoms with E-state index in [0.29, 0.717) is 38.3 Å². The molecule has 7 nitrogen and oxygen atoms in total. The Bertz CT molecular complexity index is 1050. The monoisotopic (exact) mass is 414 g/mol. The van der Waals surface area contributed by atoms with Crippen molar-refractivity contribution in [3.8, 4) is 11.5 Å². The number of nitrogens with two attached hydrogens (primary N) is 1. The number of nitrogens with one attached hydrogen (secondary N) is 1. The Balaban J connectivity index is 1.65. The second kappa shape index (κ2) is 9.16. The Hall–Kier alpha value is -3.46. The first-order valence-electron chi connectivity index (χ1n) is 8.58. The number of hydrazone groups is 1. The highest BCUT2D eigenvalue weighted by Crippen LogP contribution is 2.28. The molecule has 0 aliphatic carbocycles. The molecule has 0 saturated heterocycles. The number of thiazole rings is 1. The first-order valence-corrected chi connectivity index (χ1v) is 9.40. The van der Waals surface area contributed by atoms with Gasteiger partial charge in [0.1, 0.15) is 17.3 Å². The lowest BCUT2D eigenvalue weighted by atomic mass is 10.2. The number of benzene rings is 2. The number of nitrogens with zero attached hydrogens (tertiary/aromatic N) is 2. The number of aryl methyl sites for hydroxylation is 1. The van der Waals surface area contributed by atoms with Gasteiger partial charge in [0.25, 0.3) is 5.91 Å². The third-order valence-electron chi connectivity index (χ3n) is 3.93. The van der Waals surface area contributed by atoms with E-state index in [2.05, 4.69) is 15.5 Å². The molecule has 1 amide bonds. The third kappa shape index (κ3) is 5.08. The largest absolute Gasteiger partial charge is 0.493 e. The Morgan fingerprint density at radius 3 is 2.79 bits per heavy atom. The summed E-state index contributed by atoms with van der Waals surface area (Å²) >= 11 is 1.10. The zero-order chi connectivity index (χ0) is 20.8. The number of nitrogen functional groups attached to an aromatic ring is 1. The molecule has 0 spiro atoms. The molecule has 150 valence electrons. The maximum atomic E-state index is 13.7. The fraction of sp³-hybridized carbons (Fsp3) is 0.150. The predicted octanol–water partition coefficient (Wildman–Crippen LogP) is 3.52. The van der Waals surface area contributed by atoms with E-state index in [1.165, 1.54) is 19.4 Å². The number of carbonyl (C=O) groups excluding carboxylic acids is 1. The fourth-order valence-corrected chi connectivity index (χ4v) is 3.22. The van der Waals surface area contributed by atoms with E-state index in [-0.39, 0.29) is 18.3 Å². The van der Waals surface area contributed by atoms with Crippen LogP contribution in [-0.2, 0) is 6.61 Å². The molecule has 0 atom stereocenters. The van der Waals surface area contributed by atoms with Crippen molar-refractivity contribution in [2.75, 3.05) is 12.8 Å². The first kappa shape index (κ1) is 20.3. The molecule has 0 saturated carbocycles. The average molecular weight is 414 g/mol. The number of methoxy groups -OCH3 is 1. The molecule has 1 heterocycles. The minimum atomic E-state index is -0.384. The Kier molecular flexibility index (Phi) is 6.40. The van der Waals surface area contributed by atoms with Crippen LogP contribution in [0.3, 0.4) is 0 Å². The summed E-state index contributed by atoms with van der Waals surface area (Å²) in [6.07, 6.45) is 1.47. The van der Waals surface area contributed by atoms with Crippen LogP contribution in [0.1, 0.15) is 26.5 Å². The number of ether oxygens (including phenoxy) is 2. The number of hydrogen-bond acceptors (Lipinski definition) is 7. The number of halogens is 1. The Labute approximate surface area is 171 Å². The molecule has 2 aromatic carbocycles. The first-order chi connectivity index (χ1) is 14.0. The summed E-state index contributed by atoms with van der Waals surface area (Å²) in [4.78, 5) is 16.5. The molecule has 3 rings (SSSR count). The van der Waals surface area contributed by atoms with Crippen LogP contribution in [0.5, 0.6) is 11.5 Å². The van der Waals surface area contributed by atoms with E-state index in [4.69, 9.17) is 15.2 Å². The van der Waals surface area contributed by atoms with Gasteiger partial charge in [0.05, 0.1) is 19.0 Å². The van der Waals surface area contributed by atoms with Crippen molar-refractivity contribution < 1.29 is 18.7 Å². The van der Waals surface area contributed by atoms with Crippen molar-refractivity contribution in [1.82, 2.24) is 10.4 Å². The van der Waals surface area contributed by atoms with Gasteiger partial charge < -0.3 is 15.2 Å². The predicted molar refractivity (Wildman–Crippen MR) is 110 cm³/mol. The van der Waals surface area contributed by atoms with Gasteiger partial charge in [-0.15, -0.1) is 0 Å². The molecule has 0 aliphatic rings. The van der Waals surface area contributed by atoms with Gasteiger partial charge in [-0.1, -0.05) is 29.5 Å². The van der Waals surface area contributed by atoms with Gasteiger partial charge in [-0.05, 0) is 36.8 Å². The summed E-state index contributed by atoms with van der Waals surface area (Å²) < 4.78 is 24.7. The topological polar surface area (TPSA) is 98.8 Å². The highest BCUT2D eigenvalue weighted by atomic mass is 32.1. The van der Waals surface area contributed by atoms with Crippen molar-refractivity contribution in [2.45, 2.75) is 13.5 Å². The van der Waals surface area contributed by atoms with Gasteiger partial charge in [-0.25, -0.2) is 14.8 Å². The summed E-state index contributed by atoms with van der Waals surface area (Å²) in [5.74, 6) is 0.212. The number of aromatic nitrogens is 1. The number of carbonyl (C=O) groups is 1. The van der Waals surface area contributed by atoms with Gasteiger partial charge in [-0.2, -0.15) is 5.10 Å². The smallest absolute Gasteiger partial charge is 0.283 e. The van der Waals surface area contributed by atoms with Gasteiger partial charge in [-0.3, -0.25) is 4.79 Å². The lowest BCUT2D eigenvalue weighted by Gasteiger charge is -2.11. The zero-order valence-electron chi connectivity index (χ0n) is 15.8. The van der Waals surface area contributed by atoms with E-state index in [9.17, 15) is 9.18 Å². The van der Waals surface area contributed by atoms with Crippen LogP contribution in [0.2, 0.25) is 0 Å². The van der Waals surface area contributed by atoms with Gasteiger partial charge in [0.2, 0.25) is 0 Å². The van der Waals surface area contributed by atoms with E-state index in [0.717, 1.165) is 11.3 Å². The summed E-state index contributed by atoms with van der Waals surface area (Å²) in [6.45, 7) is 1.78. The molecule has 0 unspecified atom stereocenters. The van der Waals surface area contributed by atoms with Gasteiger partial charge in [0, 0.05) is 5.56 Å². The molecule has 0 aliphatic heterocycles. The lowest BCUT2D eigenvalue weighted by molar-refractivity contribution is 0.0958. The summed E-state index contributed by atoms with van der Waals surface area (Å²) in [6, 6.07) is 11.5. The third-order valence-corrected chi connectivity index (χ3v) is 4.91. The molecule has 29 heavy (non-hydrogen) atoms. The molecular formula is C20H19FN4O3S. The number of amides is 1. The normalized spacial score (nSPS) is 10.9. The molecule has 9 heteroatoms. The van der Waals surface area contributed by atoms with Crippen LogP contribution in [0.25, 0.3) is 0 Å². The molecule has 3 N–H and O–H groups in total. The number of rotatable bonds is 7. The van der Waals surface area contributed by atoms with E-state index in [1.807, 2.05) is 0 Å². The van der Waals surface area contributed by atoms with Crippen molar-refractivity contribution in [3.63, 3.8) is 0 Å². The van der Waals surface area contributed by atoms with Crippen LogP contribution in [0.15, 0.2) is 47.6 Å². The maximum absolute atomic E-state index is 13.7. The molecular weight excluding hydrogens is 395 g/mol. The quantitative estimate of drug-likeness (QED) is 0.455. The van der Waals surface area contributed by atoms with Crippen LogP contribution in [0, 0.1) is 12.7 Å². The van der Waals surface area contributed by atoms with E-state index >= 15 is 0 Å².